The van der Waals surface area contributed by atoms with Crippen molar-refractivity contribution in [2.45, 2.75) is 56.5 Å². The summed E-state index contributed by atoms with van der Waals surface area (Å²) >= 11 is 0. The number of aliphatic carboxylic acids is 1. The molecule has 16 heteroatoms. The van der Waals surface area contributed by atoms with Gasteiger partial charge in [-0.2, -0.15) is 0 Å². The number of carboxylic acids is 1. The Morgan fingerprint density at radius 3 is 2.03 bits per heavy atom. The van der Waals surface area contributed by atoms with Crippen LogP contribution in [0.25, 0.3) is 0 Å². The van der Waals surface area contributed by atoms with Crippen molar-refractivity contribution >= 4 is 35.5 Å². The number of aliphatic hydroxyl groups is 1. The summed E-state index contributed by atoms with van der Waals surface area (Å²) < 4.78 is 0. The highest BCUT2D eigenvalue weighted by Crippen LogP contribution is 2.03. The SMILES string of the molecule is CC(O)C(NC(=O)C(N)CC(N)=O)C(=O)NC(CC(N)=O)C(=O)NC(Cc1cnc[nH]1)C(=O)O. The van der Waals surface area contributed by atoms with E-state index in [0.29, 0.717) is 5.69 Å². The largest absolute Gasteiger partial charge is 0.480 e. The molecule has 1 aromatic rings. The highest BCUT2D eigenvalue weighted by molar-refractivity contribution is 5.96. The lowest BCUT2D eigenvalue weighted by Crippen LogP contribution is -2.60. The molecule has 0 aliphatic heterocycles. The molecule has 0 saturated carbocycles. The molecule has 5 unspecified atom stereocenters. The first kappa shape index (κ1) is 28.0. The molecule has 0 saturated heterocycles. The molecular weight excluding hydrogens is 456 g/mol. The predicted molar refractivity (Wildman–Crippen MR) is 113 cm³/mol. The quantitative estimate of drug-likeness (QED) is 0.121. The molecule has 1 heterocycles. The van der Waals surface area contributed by atoms with Crippen molar-refractivity contribution in [1.82, 2.24) is 25.9 Å². The third-order valence-corrected chi connectivity index (χ3v) is 4.45. The lowest BCUT2D eigenvalue weighted by atomic mass is 10.1. The van der Waals surface area contributed by atoms with Crippen LogP contribution in [-0.4, -0.2) is 86.0 Å². The van der Waals surface area contributed by atoms with Crippen LogP contribution in [0, 0.1) is 0 Å². The van der Waals surface area contributed by atoms with Crippen LogP contribution in [-0.2, 0) is 35.2 Å². The van der Waals surface area contributed by atoms with E-state index in [0.717, 1.165) is 6.92 Å². The van der Waals surface area contributed by atoms with E-state index < -0.39 is 78.6 Å². The molecule has 0 spiro atoms. The Morgan fingerprint density at radius 1 is 0.971 bits per heavy atom. The van der Waals surface area contributed by atoms with Crippen molar-refractivity contribution in [3.8, 4) is 0 Å². The maximum atomic E-state index is 12.7. The Bertz CT molecular complexity index is 904. The fraction of sp³-hybridized carbons (Fsp3) is 0.500. The molecule has 1 rings (SSSR count). The van der Waals surface area contributed by atoms with Gasteiger partial charge in [-0.1, -0.05) is 0 Å². The van der Waals surface area contributed by atoms with Crippen molar-refractivity contribution < 1.29 is 39.0 Å². The first-order valence-electron chi connectivity index (χ1n) is 9.93. The number of hydrogen-bond donors (Lipinski definition) is 9. The number of carbonyl (C=O) groups is 6. The number of H-pyrrole nitrogens is 1. The van der Waals surface area contributed by atoms with Gasteiger partial charge < -0.3 is 48.3 Å². The fourth-order valence-electron chi connectivity index (χ4n) is 2.74. The van der Waals surface area contributed by atoms with Gasteiger partial charge in [0.25, 0.3) is 0 Å². The van der Waals surface area contributed by atoms with Crippen molar-refractivity contribution in [3.63, 3.8) is 0 Å². The number of aromatic nitrogens is 2. The molecule has 0 fully saturated rings. The van der Waals surface area contributed by atoms with Crippen molar-refractivity contribution in [1.29, 1.82) is 0 Å². The highest BCUT2D eigenvalue weighted by atomic mass is 16.4. The first-order chi connectivity index (χ1) is 15.8. The third kappa shape index (κ3) is 9.21. The van der Waals surface area contributed by atoms with Crippen LogP contribution in [0.3, 0.4) is 0 Å². The van der Waals surface area contributed by atoms with Gasteiger partial charge in [0, 0.05) is 18.3 Å². The summed E-state index contributed by atoms with van der Waals surface area (Å²) in [4.78, 5) is 77.7. The molecular formula is C18H28N8O8. The number of hydrogen-bond acceptors (Lipinski definition) is 9. The zero-order valence-electron chi connectivity index (χ0n) is 18.2. The minimum Gasteiger partial charge on any atom is -0.480 e. The second-order valence-electron chi connectivity index (χ2n) is 7.42. The predicted octanol–water partition coefficient (Wildman–Crippen LogP) is -5.05. The molecule has 188 valence electrons. The number of carboxylic acid groups (broad SMARTS) is 1. The molecule has 12 N–H and O–H groups in total. The van der Waals surface area contributed by atoms with Crippen LogP contribution < -0.4 is 33.2 Å². The van der Waals surface area contributed by atoms with Crippen LogP contribution in [0.4, 0.5) is 0 Å². The van der Waals surface area contributed by atoms with E-state index in [4.69, 9.17) is 17.2 Å². The van der Waals surface area contributed by atoms with Gasteiger partial charge in [-0.3, -0.25) is 24.0 Å². The third-order valence-electron chi connectivity index (χ3n) is 4.45. The average Bonchev–Trinajstić information content (AvgIpc) is 3.22. The Morgan fingerprint density at radius 2 is 1.56 bits per heavy atom. The molecule has 5 atom stereocenters. The Kier molecular flexibility index (Phi) is 10.6. The zero-order valence-corrected chi connectivity index (χ0v) is 18.2. The smallest absolute Gasteiger partial charge is 0.326 e. The molecule has 5 amide bonds. The number of nitrogens with zero attached hydrogens (tertiary/aromatic N) is 1. The van der Waals surface area contributed by atoms with Crippen LogP contribution >= 0.6 is 0 Å². The van der Waals surface area contributed by atoms with E-state index in [-0.39, 0.29) is 6.42 Å². The molecule has 0 aromatic carbocycles. The minimum atomic E-state index is -1.64. The minimum absolute atomic E-state index is 0.178. The fourth-order valence-corrected chi connectivity index (χ4v) is 2.74. The standard InChI is InChI=1S/C18H28N8O8/c1-7(27)14(26-15(30)9(19)3-12(20)28)17(32)24-10(4-13(21)29)16(31)25-11(18(33)34)2-8-5-22-6-23-8/h5-7,9-11,14,27H,2-4,19H2,1H3,(H2,20,28)(H2,21,29)(H,22,23)(H,24,32)(H,25,31)(H,26,30)(H,33,34). The second kappa shape index (κ2) is 12.9. The van der Waals surface area contributed by atoms with Gasteiger partial charge >= 0.3 is 5.97 Å². The summed E-state index contributed by atoms with van der Waals surface area (Å²) in [5, 5.41) is 25.7. The topological polar surface area (TPSA) is 286 Å². The Balaban J connectivity index is 2.96. The van der Waals surface area contributed by atoms with E-state index in [2.05, 4.69) is 25.9 Å². The van der Waals surface area contributed by atoms with Gasteiger partial charge in [-0.15, -0.1) is 0 Å². The Labute approximate surface area is 193 Å². The number of aliphatic hydroxyl groups excluding tert-OH is 1. The number of nitrogens with two attached hydrogens (primary N) is 3. The van der Waals surface area contributed by atoms with E-state index in [1.807, 2.05) is 0 Å². The molecule has 0 radical (unpaired) electrons. The van der Waals surface area contributed by atoms with Gasteiger partial charge in [0.05, 0.1) is 31.3 Å². The molecule has 0 aliphatic rings. The van der Waals surface area contributed by atoms with Gasteiger partial charge in [-0.05, 0) is 6.92 Å². The maximum Gasteiger partial charge on any atom is 0.326 e. The van der Waals surface area contributed by atoms with Gasteiger partial charge in [0.2, 0.25) is 29.5 Å². The van der Waals surface area contributed by atoms with E-state index in [9.17, 15) is 39.0 Å². The number of imidazole rings is 1. The summed E-state index contributed by atoms with van der Waals surface area (Å²) in [7, 11) is 0. The average molecular weight is 484 g/mol. The summed E-state index contributed by atoms with van der Waals surface area (Å²) in [6.45, 7) is 1.15. The van der Waals surface area contributed by atoms with E-state index >= 15 is 0 Å². The molecule has 1 aromatic heterocycles. The van der Waals surface area contributed by atoms with Crippen LogP contribution in [0.2, 0.25) is 0 Å². The van der Waals surface area contributed by atoms with Crippen molar-refractivity contribution in [2.75, 3.05) is 0 Å². The lowest BCUT2D eigenvalue weighted by molar-refractivity contribution is -0.142. The molecule has 16 nitrogen and oxygen atoms in total. The number of rotatable bonds is 14. The summed E-state index contributed by atoms with van der Waals surface area (Å²) in [6, 6.07) is -6.13. The van der Waals surface area contributed by atoms with Crippen molar-refractivity contribution in [3.05, 3.63) is 18.2 Å². The van der Waals surface area contributed by atoms with Crippen LogP contribution in [0.1, 0.15) is 25.5 Å². The normalized spacial score (nSPS) is 15.1. The highest BCUT2D eigenvalue weighted by Gasteiger charge is 2.33. The maximum absolute atomic E-state index is 12.7. The first-order valence-corrected chi connectivity index (χ1v) is 9.93. The molecule has 0 aliphatic carbocycles. The molecule has 0 bridgehead atoms. The zero-order chi connectivity index (χ0) is 26.0. The number of aromatic amines is 1. The summed E-state index contributed by atoms with van der Waals surface area (Å²) in [5.74, 6) is -6.41. The van der Waals surface area contributed by atoms with Gasteiger partial charge in [0.15, 0.2) is 0 Å². The van der Waals surface area contributed by atoms with Crippen LogP contribution in [0.15, 0.2) is 12.5 Å². The van der Waals surface area contributed by atoms with Gasteiger partial charge in [0.1, 0.15) is 18.1 Å². The number of carbonyl (C=O) groups excluding carboxylic acids is 5. The van der Waals surface area contributed by atoms with Crippen LogP contribution in [0.5, 0.6) is 0 Å². The second-order valence-corrected chi connectivity index (χ2v) is 7.42. The Hall–Kier alpha value is -4.05. The summed E-state index contributed by atoms with van der Waals surface area (Å²) in [6.07, 6.45) is -0.248. The summed E-state index contributed by atoms with van der Waals surface area (Å²) in [5.41, 5.74) is 16.0. The number of primary amides is 2. The lowest BCUT2D eigenvalue weighted by Gasteiger charge is -2.26. The molecule has 34 heavy (non-hydrogen) atoms. The van der Waals surface area contributed by atoms with Crippen molar-refractivity contribution in [2.24, 2.45) is 17.2 Å². The number of nitrogens with one attached hydrogen (secondary N) is 4. The van der Waals surface area contributed by atoms with Gasteiger partial charge in [-0.25, -0.2) is 9.78 Å². The number of amides is 5. The van der Waals surface area contributed by atoms with E-state index in [1.54, 1.807) is 0 Å². The van der Waals surface area contributed by atoms with E-state index in [1.165, 1.54) is 12.5 Å². The monoisotopic (exact) mass is 484 g/mol.